The van der Waals surface area contributed by atoms with Crippen LogP contribution in [-0.4, -0.2) is 30.1 Å². The van der Waals surface area contributed by atoms with Crippen LogP contribution in [0.15, 0.2) is 47.4 Å². The summed E-state index contributed by atoms with van der Waals surface area (Å²) in [6.45, 7) is 3.99. The largest absolute Gasteiger partial charge is 0.263 e. The lowest BCUT2D eigenvalue weighted by molar-refractivity contribution is 0.580. The van der Waals surface area contributed by atoms with E-state index in [-0.39, 0.29) is 17.3 Å². The van der Waals surface area contributed by atoms with E-state index in [2.05, 4.69) is 19.9 Å². The first-order valence-corrected chi connectivity index (χ1v) is 9.57. The number of sulfonamides is 1. The molecule has 0 radical (unpaired) electrons. The highest BCUT2D eigenvalue weighted by molar-refractivity contribution is 7.89. The van der Waals surface area contributed by atoms with Crippen LogP contribution in [0.1, 0.15) is 17.0 Å². The molecule has 0 saturated heterocycles. The molecule has 0 atom stereocenters. The van der Waals surface area contributed by atoms with E-state index in [0.29, 0.717) is 23.6 Å². The average molecular weight is 374 g/mol. The summed E-state index contributed by atoms with van der Waals surface area (Å²) in [5, 5.41) is 6.85. The van der Waals surface area contributed by atoms with E-state index >= 15 is 0 Å². The van der Waals surface area contributed by atoms with E-state index in [9.17, 15) is 12.8 Å². The number of halogens is 1. The Morgan fingerprint density at radius 3 is 2.50 bits per heavy atom. The number of aromatic amines is 1. The Kier molecular flexibility index (Phi) is 5.15. The first-order chi connectivity index (χ1) is 12.3. The molecule has 0 aliphatic rings. The molecule has 0 fully saturated rings. The standard InChI is InChI=1S/C18H19FN4O2S/c1-12-3-8-16(11-13(12)2)26(24,25)20-10-9-17-21-18(23-22-17)14-4-6-15(19)7-5-14/h3-8,11,20H,9-10H2,1-2H3,(H,21,22,23). The van der Waals surface area contributed by atoms with Crippen molar-refractivity contribution in [2.45, 2.75) is 25.2 Å². The number of hydrogen-bond donors (Lipinski definition) is 2. The van der Waals surface area contributed by atoms with Crippen molar-refractivity contribution in [1.29, 1.82) is 0 Å². The third kappa shape index (κ3) is 4.14. The Balaban J connectivity index is 1.62. The van der Waals surface area contributed by atoms with Gasteiger partial charge in [-0.25, -0.2) is 22.5 Å². The van der Waals surface area contributed by atoms with Crippen LogP contribution >= 0.6 is 0 Å². The highest BCUT2D eigenvalue weighted by atomic mass is 32.2. The van der Waals surface area contributed by atoms with E-state index in [4.69, 9.17) is 0 Å². The SMILES string of the molecule is Cc1ccc(S(=O)(=O)NCCc2nc(-c3ccc(F)cc3)n[nH]2)cc1C. The number of aryl methyl sites for hydroxylation is 2. The maximum absolute atomic E-state index is 13.0. The topological polar surface area (TPSA) is 87.7 Å². The second-order valence-corrected chi connectivity index (χ2v) is 7.77. The lowest BCUT2D eigenvalue weighted by atomic mass is 10.1. The molecule has 3 aromatic rings. The summed E-state index contributed by atoms with van der Waals surface area (Å²) in [4.78, 5) is 4.55. The summed E-state index contributed by atoms with van der Waals surface area (Å²) in [6.07, 6.45) is 0.359. The molecule has 0 aliphatic heterocycles. The first kappa shape index (κ1) is 18.2. The maximum Gasteiger partial charge on any atom is 0.240 e. The number of benzene rings is 2. The van der Waals surface area contributed by atoms with Gasteiger partial charge in [0.2, 0.25) is 10.0 Å². The van der Waals surface area contributed by atoms with Gasteiger partial charge in [-0.1, -0.05) is 6.07 Å². The number of aromatic nitrogens is 3. The van der Waals surface area contributed by atoms with Gasteiger partial charge in [0.25, 0.3) is 0 Å². The van der Waals surface area contributed by atoms with Gasteiger partial charge in [-0.15, -0.1) is 0 Å². The predicted octanol–water partition coefficient (Wildman–Crippen LogP) is 2.75. The van der Waals surface area contributed by atoms with Crippen LogP contribution in [0.3, 0.4) is 0 Å². The Labute approximate surface area is 151 Å². The van der Waals surface area contributed by atoms with Gasteiger partial charge in [0.1, 0.15) is 11.6 Å². The number of hydrogen-bond acceptors (Lipinski definition) is 4. The minimum Gasteiger partial charge on any atom is -0.263 e. The van der Waals surface area contributed by atoms with Crippen molar-refractivity contribution in [3.05, 3.63) is 65.2 Å². The number of nitrogens with one attached hydrogen (secondary N) is 2. The zero-order valence-electron chi connectivity index (χ0n) is 14.5. The second kappa shape index (κ2) is 7.35. The van der Waals surface area contributed by atoms with E-state index in [1.54, 1.807) is 30.3 Å². The molecule has 1 aromatic heterocycles. The van der Waals surface area contributed by atoms with Crippen LogP contribution in [0, 0.1) is 19.7 Å². The van der Waals surface area contributed by atoms with Gasteiger partial charge >= 0.3 is 0 Å². The summed E-state index contributed by atoms with van der Waals surface area (Å²) >= 11 is 0. The minimum atomic E-state index is -3.57. The van der Waals surface area contributed by atoms with Gasteiger partial charge in [0.15, 0.2) is 5.82 Å². The Bertz CT molecular complexity index is 1010. The highest BCUT2D eigenvalue weighted by Crippen LogP contribution is 2.16. The van der Waals surface area contributed by atoms with E-state index in [1.807, 2.05) is 13.8 Å². The molecule has 0 saturated carbocycles. The second-order valence-electron chi connectivity index (χ2n) is 6.01. The summed E-state index contributed by atoms with van der Waals surface area (Å²) in [5.41, 5.74) is 2.65. The van der Waals surface area contributed by atoms with Gasteiger partial charge in [0.05, 0.1) is 4.90 Å². The van der Waals surface area contributed by atoms with Crippen molar-refractivity contribution < 1.29 is 12.8 Å². The van der Waals surface area contributed by atoms with E-state index in [0.717, 1.165) is 11.1 Å². The van der Waals surface area contributed by atoms with Crippen molar-refractivity contribution in [2.24, 2.45) is 0 Å². The first-order valence-electron chi connectivity index (χ1n) is 8.09. The highest BCUT2D eigenvalue weighted by Gasteiger charge is 2.14. The van der Waals surface area contributed by atoms with Crippen LogP contribution in [0.5, 0.6) is 0 Å². The third-order valence-electron chi connectivity index (χ3n) is 4.08. The van der Waals surface area contributed by atoms with Gasteiger partial charge in [-0.3, -0.25) is 5.10 Å². The zero-order chi connectivity index (χ0) is 18.7. The minimum absolute atomic E-state index is 0.188. The molecule has 0 spiro atoms. The van der Waals surface area contributed by atoms with Gasteiger partial charge < -0.3 is 0 Å². The average Bonchev–Trinajstić information content (AvgIpc) is 3.06. The molecule has 2 N–H and O–H groups in total. The smallest absolute Gasteiger partial charge is 0.240 e. The van der Waals surface area contributed by atoms with E-state index in [1.165, 1.54) is 12.1 Å². The van der Waals surface area contributed by atoms with Crippen LogP contribution in [-0.2, 0) is 16.4 Å². The molecule has 0 unspecified atom stereocenters. The lowest BCUT2D eigenvalue weighted by Crippen LogP contribution is -2.26. The van der Waals surface area contributed by atoms with Gasteiger partial charge in [-0.05, 0) is 61.4 Å². The molecular formula is C18H19FN4O2S. The van der Waals surface area contributed by atoms with Crippen LogP contribution < -0.4 is 4.72 Å². The Hall–Kier alpha value is -2.58. The molecule has 6 nitrogen and oxygen atoms in total. The fourth-order valence-electron chi connectivity index (χ4n) is 2.40. The predicted molar refractivity (Wildman–Crippen MR) is 96.6 cm³/mol. The molecule has 1 heterocycles. The van der Waals surface area contributed by atoms with E-state index < -0.39 is 10.0 Å². The van der Waals surface area contributed by atoms with Crippen LogP contribution in [0.4, 0.5) is 4.39 Å². The monoisotopic (exact) mass is 374 g/mol. The number of H-pyrrole nitrogens is 1. The van der Waals surface area contributed by atoms with Crippen LogP contribution in [0.2, 0.25) is 0 Å². The molecule has 8 heteroatoms. The van der Waals surface area contributed by atoms with Crippen molar-refractivity contribution in [3.8, 4) is 11.4 Å². The quantitative estimate of drug-likeness (QED) is 0.694. The molecule has 2 aromatic carbocycles. The Morgan fingerprint density at radius 1 is 1.08 bits per heavy atom. The Morgan fingerprint density at radius 2 is 1.81 bits per heavy atom. The summed E-state index contributed by atoms with van der Waals surface area (Å²) in [7, 11) is -3.57. The van der Waals surface area contributed by atoms with Crippen molar-refractivity contribution in [2.75, 3.05) is 6.54 Å². The maximum atomic E-state index is 13.0. The third-order valence-corrected chi connectivity index (χ3v) is 5.54. The number of rotatable bonds is 6. The molecule has 0 amide bonds. The van der Waals surface area contributed by atoms with Crippen molar-refractivity contribution in [3.63, 3.8) is 0 Å². The fraction of sp³-hybridized carbons (Fsp3) is 0.222. The molecule has 136 valence electrons. The molecule has 3 rings (SSSR count). The number of nitrogens with zero attached hydrogens (tertiary/aromatic N) is 2. The normalized spacial score (nSPS) is 11.7. The van der Waals surface area contributed by atoms with Crippen LogP contribution in [0.25, 0.3) is 11.4 Å². The van der Waals surface area contributed by atoms with Crippen molar-refractivity contribution >= 4 is 10.0 Å². The lowest BCUT2D eigenvalue weighted by Gasteiger charge is -2.08. The van der Waals surface area contributed by atoms with Crippen molar-refractivity contribution in [1.82, 2.24) is 19.9 Å². The fourth-order valence-corrected chi connectivity index (χ4v) is 3.52. The molecule has 0 aliphatic carbocycles. The summed E-state index contributed by atoms with van der Waals surface area (Å²) in [5.74, 6) is 0.661. The zero-order valence-corrected chi connectivity index (χ0v) is 15.3. The van der Waals surface area contributed by atoms with Gasteiger partial charge in [0, 0.05) is 18.5 Å². The van der Waals surface area contributed by atoms with Gasteiger partial charge in [-0.2, -0.15) is 5.10 Å². The summed E-state index contributed by atoms with van der Waals surface area (Å²) in [6, 6.07) is 10.9. The molecule has 0 bridgehead atoms. The summed E-state index contributed by atoms with van der Waals surface area (Å²) < 4.78 is 40.2. The molecule has 26 heavy (non-hydrogen) atoms. The molecular weight excluding hydrogens is 355 g/mol.